The molecule has 5 heteroatoms. The fourth-order valence-electron chi connectivity index (χ4n) is 3.41. The number of amides is 2. The van der Waals surface area contributed by atoms with Crippen LogP contribution < -0.4 is 10.2 Å². The predicted molar refractivity (Wildman–Crippen MR) is 94.9 cm³/mol. The monoisotopic (exact) mass is 333 g/mol. The molecule has 4 nitrogen and oxygen atoms in total. The van der Waals surface area contributed by atoms with Gasteiger partial charge >= 0.3 is 6.03 Å². The number of hydrogen-bond donors (Lipinski definition) is 1. The molecule has 0 aromatic heterocycles. The average Bonchev–Trinajstić information content (AvgIpc) is 3.39. The molecule has 24 heavy (non-hydrogen) atoms. The lowest BCUT2D eigenvalue weighted by Crippen LogP contribution is -2.52. The maximum Gasteiger partial charge on any atom is 0.317 e. The van der Waals surface area contributed by atoms with E-state index in [0.29, 0.717) is 18.2 Å². The molecule has 1 N–H and O–H groups in total. The molecule has 1 aliphatic carbocycles. The number of carbonyl (C=O) groups excluding carboxylic acids is 1. The highest BCUT2D eigenvalue weighted by molar-refractivity contribution is 5.74. The minimum atomic E-state index is -0.184. The minimum absolute atomic E-state index is 0.0287. The summed E-state index contributed by atoms with van der Waals surface area (Å²) in [6, 6.07) is 5.33. The highest BCUT2D eigenvalue weighted by atomic mass is 19.1. The number of anilines is 1. The molecular formula is C19H28FN3O. The topological polar surface area (TPSA) is 35.6 Å². The molecular weight excluding hydrogens is 305 g/mol. The Hall–Kier alpha value is -1.78. The number of rotatable bonds is 5. The molecule has 1 aromatic carbocycles. The van der Waals surface area contributed by atoms with Crippen LogP contribution in [0.3, 0.4) is 0 Å². The van der Waals surface area contributed by atoms with E-state index in [1.54, 1.807) is 6.07 Å². The van der Waals surface area contributed by atoms with Gasteiger partial charge in [0.2, 0.25) is 0 Å². The summed E-state index contributed by atoms with van der Waals surface area (Å²) in [7, 11) is 0. The molecule has 0 bridgehead atoms. The Bertz CT molecular complexity index is 588. The maximum absolute atomic E-state index is 14.1. The van der Waals surface area contributed by atoms with Gasteiger partial charge in [-0.3, -0.25) is 0 Å². The Morgan fingerprint density at radius 2 is 2.17 bits per heavy atom. The highest BCUT2D eigenvalue weighted by Crippen LogP contribution is 2.30. The van der Waals surface area contributed by atoms with Crippen LogP contribution in [0.4, 0.5) is 14.9 Å². The first-order valence-corrected chi connectivity index (χ1v) is 9.13. The van der Waals surface area contributed by atoms with E-state index in [9.17, 15) is 9.18 Å². The van der Waals surface area contributed by atoms with Crippen LogP contribution in [-0.4, -0.2) is 43.2 Å². The predicted octanol–water partition coefficient (Wildman–Crippen LogP) is 3.54. The number of benzene rings is 1. The van der Waals surface area contributed by atoms with E-state index in [-0.39, 0.29) is 17.9 Å². The summed E-state index contributed by atoms with van der Waals surface area (Å²) in [5.74, 6) is 0.511. The van der Waals surface area contributed by atoms with Gasteiger partial charge in [0, 0.05) is 32.2 Å². The Morgan fingerprint density at radius 1 is 1.38 bits per heavy atom. The van der Waals surface area contributed by atoms with Gasteiger partial charge in [-0.1, -0.05) is 6.07 Å². The standard InChI is InChI=1S/C19H28FN3O/c1-3-22(12-15-7-8-15)19(24)21-16-5-4-10-23(13-16)18-11-14(2)6-9-17(18)20/h6,9,11,15-16H,3-5,7-8,10,12-13H2,1-2H3,(H,21,24). The number of halogens is 1. The molecule has 2 amide bonds. The van der Waals surface area contributed by atoms with Gasteiger partial charge in [-0.25, -0.2) is 9.18 Å². The molecule has 2 fully saturated rings. The van der Waals surface area contributed by atoms with E-state index in [1.165, 1.54) is 18.9 Å². The van der Waals surface area contributed by atoms with Crippen LogP contribution in [0.15, 0.2) is 18.2 Å². The second-order valence-corrected chi connectivity index (χ2v) is 7.17. The number of urea groups is 1. The number of nitrogens with zero attached hydrogens (tertiary/aromatic N) is 2. The van der Waals surface area contributed by atoms with E-state index < -0.39 is 0 Å². The molecule has 1 atom stereocenters. The summed E-state index contributed by atoms with van der Waals surface area (Å²) >= 11 is 0. The zero-order valence-electron chi connectivity index (χ0n) is 14.7. The number of carbonyl (C=O) groups is 1. The van der Waals surface area contributed by atoms with Gasteiger partial charge in [-0.15, -0.1) is 0 Å². The van der Waals surface area contributed by atoms with Crippen LogP contribution in [0.1, 0.15) is 38.2 Å². The molecule has 1 saturated heterocycles. The van der Waals surface area contributed by atoms with E-state index in [4.69, 9.17) is 0 Å². The third-order valence-electron chi connectivity index (χ3n) is 5.04. The van der Waals surface area contributed by atoms with Crippen LogP contribution in [0.2, 0.25) is 0 Å². The van der Waals surface area contributed by atoms with Crippen molar-refractivity contribution < 1.29 is 9.18 Å². The molecule has 0 radical (unpaired) electrons. The van der Waals surface area contributed by atoms with E-state index in [0.717, 1.165) is 38.0 Å². The smallest absolute Gasteiger partial charge is 0.317 e. The van der Waals surface area contributed by atoms with E-state index in [2.05, 4.69) is 10.2 Å². The normalized spacial score (nSPS) is 20.8. The van der Waals surface area contributed by atoms with Crippen molar-refractivity contribution in [3.63, 3.8) is 0 Å². The van der Waals surface area contributed by atoms with Crippen molar-refractivity contribution in [3.8, 4) is 0 Å². The Balaban J connectivity index is 1.60. The molecule has 132 valence electrons. The lowest BCUT2D eigenvalue weighted by molar-refractivity contribution is 0.192. The van der Waals surface area contributed by atoms with Crippen molar-refractivity contribution in [1.82, 2.24) is 10.2 Å². The van der Waals surface area contributed by atoms with Gasteiger partial charge in [-0.05, 0) is 63.1 Å². The molecule has 1 aromatic rings. The number of hydrogen-bond acceptors (Lipinski definition) is 2. The largest absolute Gasteiger partial charge is 0.367 e. The lowest BCUT2D eigenvalue weighted by Gasteiger charge is -2.36. The fourth-order valence-corrected chi connectivity index (χ4v) is 3.41. The van der Waals surface area contributed by atoms with Gasteiger partial charge in [0.1, 0.15) is 5.82 Å². The number of aryl methyl sites for hydroxylation is 1. The van der Waals surface area contributed by atoms with Gasteiger partial charge in [0.05, 0.1) is 5.69 Å². The molecule has 0 spiro atoms. The first-order chi connectivity index (χ1) is 11.6. The highest BCUT2D eigenvalue weighted by Gasteiger charge is 2.28. The zero-order chi connectivity index (χ0) is 17.1. The Kier molecular flexibility index (Phi) is 5.27. The van der Waals surface area contributed by atoms with E-state index in [1.807, 2.05) is 24.8 Å². The molecule has 1 unspecified atom stereocenters. The summed E-state index contributed by atoms with van der Waals surface area (Å²) in [4.78, 5) is 16.5. The third-order valence-corrected chi connectivity index (χ3v) is 5.04. The van der Waals surface area contributed by atoms with Gasteiger partial charge in [0.25, 0.3) is 0 Å². The van der Waals surface area contributed by atoms with Gasteiger partial charge in [-0.2, -0.15) is 0 Å². The van der Waals surface area contributed by atoms with Crippen LogP contribution in [0, 0.1) is 18.7 Å². The number of nitrogens with one attached hydrogen (secondary N) is 1. The van der Waals surface area contributed by atoms with Crippen molar-refractivity contribution in [2.75, 3.05) is 31.1 Å². The molecule has 1 aliphatic heterocycles. The second-order valence-electron chi connectivity index (χ2n) is 7.17. The van der Waals surface area contributed by atoms with Crippen LogP contribution in [0.5, 0.6) is 0 Å². The van der Waals surface area contributed by atoms with E-state index >= 15 is 0 Å². The van der Waals surface area contributed by atoms with Crippen molar-refractivity contribution in [1.29, 1.82) is 0 Å². The zero-order valence-corrected chi connectivity index (χ0v) is 14.7. The summed E-state index contributed by atoms with van der Waals surface area (Å²) in [6.07, 6.45) is 4.41. The van der Waals surface area contributed by atoms with Crippen molar-refractivity contribution >= 4 is 11.7 Å². The molecule has 1 heterocycles. The Labute approximate surface area is 144 Å². The summed E-state index contributed by atoms with van der Waals surface area (Å²) < 4.78 is 14.1. The minimum Gasteiger partial charge on any atom is -0.367 e. The summed E-state index contributed by atoms with van der Waals surface area (Å²) in [5, 5.41) is 3.16. The van der Waals surface area contributed by atoms with Crippen molar-refractivity contribution in [2.24, 2.45) is 5.92 Å². The lowest BCUT2D eigenvalue weighted by atomic mass is 10.0. The average molecular weight is 333 g/mol. The van der Waals surface area contributed by atoms with Gasteiger partial charge < -0.3 is 15.1 Å². The quantitative estimate of drug-likeness (QED) is 0.894. The summed E-state index contributed by atoms with van der Waals surface area (Å²) in [5.41, 5.74) is 1.71. The van der Waals surface area contributed by atoms with Gasteiger partial charge in [0.15, 0.2) is 0 Å². The molecule has 2 aliphatic rings. The third kappa shape index (κ3) is 4.19. The maximum atomic E-state index is 14.1. The second kappa shape index (κ2) is 7.41. The Morgan fingerprint density at radius 3 is 2.88 bits per heavy atom. The van der Waals surface area contributed by atoms with Crippen LogP contribution in [0.25, 0.3) is 0 Å². The van der Waals surface area contributed by atoms with Crippen LogP contribution >= 0.6 is 0 Å². The van der Waals surface area contributed by atoms with Crippen molar-refractivity contribution in [3.05, 3.63) is 29.6 Å². The van der Waals surface area contributed by atoms with Crippen molar-refractivity contribution in [2.45, 2.75) is 45.6 Å². The first kappa shape index (κ1) is 17.1. The fraction of sp³-hybridized carbons (Fsp3) is 0.632. The summed E-state index contributed by atoms with van der Waals surface area (Å²) in [6.45, 7) is 7.12. The first-order valence-electron chi connectivity index (χ1n) is 9.13. The number of piperidine rings is 1. The molecule has 1 saturated carbocycles. The molecule has 3 rings (SSSR count). The SMILES string of the molecule is CCN(CC1CC1)C(=O)NC1CCCN(c2cc(C)ccc2F)C1. The van der Waals surface area contributed by atoms with Crippen LogP contribution in [-0.2, 0) is 0 Å².